The Morgan fingerprint density at radius 3 is 2.41 bits per heavy atom. The molecule has 5 heteroatoms. The van der Waals surface area contributed by atoms with E-state index in [0.29, 0.717) is 12.1 Å². The Labute approximate surface area is 103 Å². The molecule has 0 fully saturated rings. The van der Waals surface area contributed by atoms with Crippen LogP contribution in [0.2, 0.25) is 0 Å². The Hall–Kier alpha value is -1.07. The summed E-state index contributed by atoms with van der Waals surface area (Å²) in [4.78, 5) is 0.283. The number of anilines is 1. The van der Waals surface area contributed by atoms with Crippen LogP contribution in [-0.2, 0) is 9.84 Å². The second-order valence-electron chi connectivity index (χ2n) is 4.75. The van der Waals surface area contributed by atoms with Gasteiger partial charge in [0, 0.05) is 18.4 Å². The Bertz CT molecular complexity index is 480. The molecular formula is C12H19NO3S. The summed E-state index contributed by atoms with van der Waals surface area (Å²) in [6.07, 6.45) is 1.73. The molecule has 17 heavy (non-hydrogen) atoms. The van der Waals surface area contributed by atoms with Gasteiger partial charge in [-0.3, -0.25) is 0 Å². The van der Waals surface area contributed by atoms with E-state index >= 15 is 0 Å². The molecule has 1 rings (SSSR count). The van der Waals surface area contributed by atoms with E-state index < -0.39 is 9.84 Å². The first kappa shape index (κ1) is 14.0. The van der Waals surface area contributed by atoms with Gasteiger partial charge in [0.25, 0.3) is 0 Å². The first-order valence-electron chi connectivity index (χ1n) is 5.44. The summed E-state index contributed by atoms with van der Waals surface area (Å²) in [7, 11) is -3.25. The molecule has 0 unspecified atom stereocenters. The molecule has 1 aromatic rings. The Kier molecular flexibility index (Phi) is 4.16. The van der Waals surface area contributed by atoms with Crippen LogP contribution in [0.4, 0.5) is 5.69 Å². The number of hydrogen-bond acceptors (Lipinski definition) is 4. The van der Waals surface area contributed by atoms with Crippen LogP contribution in [0, 0.1) is 0 Å². The molecule has 0 spiro atoms. The zero-order valence-electron chi connectivity index (χ0n) is 10.4. The number of aliphatic hydroxyl groups excluding tert-OH is 1. The van der Waals surface area contributed by atoms with Crippen LogP contribution in [-0.4, -0.2) is 31.9 Å². The maximum absolute atomic E-state index is 11.6. The molecule has 0 saturated carbocycles. The highest BCUT2D eigenvalue weighted by Crippen LogP contribution is 2.25. The highest BCUT2D eigenvalue weighted by Gasteiger charge is 2.20. The van der Waals surface area contributed by atoms with Crippen molar-refractivity contribution in [1.82, 2.24) is 0 Å². The van der Waals surface area contributed by atoms with E-state index in [2.05, 4.69) is 5.32 Å². The summed E-state index contributed by atoms with van der Waals surface area (Å²) in [5.41, 5.74) is 0.226. The van der Waals surface area contributed by atoms with E-state index in [4.69, 9.17) is 5.11 Å². The molecular weight excluding hydrogens is 238 g/mol. The molecule has 2 N–H and O–H groups in total. The van der Waals surface area contributed by atoms with E-state index in [1.54, 1.807) is 24.3 Å². The highest BCUT2D eigenvalue weighted by molar-refractivity contribution is 7.90. The molecule has 0 aliphatic carbocycles. The fourth-order valence-corrected chi connectivity index (χ4v) is 2.44. The maximum Gasteiger partial charge on any atom is 0.177 e. The molecule has 0 amide bonds. The lowest BCUT2D eigenvalue weighted by atomic mass is 10.0. The third kappa shape index (κ3) is 4.02. The van der Waals surface area contributed by atoms with Crippen molar-refractivity contribution in [1.29, 1.82) is 0 Å². The van der Waals surface area contributed by atoms with Crippen molar-refractivity contribution in [3.8, 4) is 0 Å². The van der Waals surface area contributed by atoms with Gasteiger partial charge in [0.05, 0.1) is 10.6 Å². The predicted octanol–water partition coefficient (Wildman–Crippen LogP) is 1.66. The van der Waals surface area contributed by atoms with Crippen molar-refractivity contribution >= 4 is 15.5 Å². The van der Waals surface area contributed by atoms with Crippen LogP contribution in [0.25, 0.3) is 0 Å². The van der Waals surface area contributed by atoms with Gasteiger partial charge < -0.3 is 10.4 Å². The van der Waals surface area contributed by atoms with Gasteiger partial charge in [0.1, 0.15) is 0 Å². The number of benzene rings is 1. The average Bonchev–Trinajstić information content (AvgIpc) is 2.15. The Balaban J connectivity index is 3.08. The van der Waals surface area contributed by atoms with Crippen molar-refractivity contribution < 1.29 is 13.5 Å². The Morgan fingerprint density at radius 1 is 1.29 bits per heavy atom. The maximum atomic E-state index is 11.6. The summed E-state index contributed by atoms with van der Waals surface area (Å²) in [5, 5.41) is 12.1. The van der Waals surface area contributed by atoms with Crippen molar-refractivity contribution in [2.45, 2.75) is 30.7 Å². The van der Waals surface area contributed by atoms with Crippen molar-refractivity contribution in [3.05, 3.63) is 24.3 Å². The SMILES string of the molecule is CC(C)(CCO)Nc1ccccc1S(C)(=O)=O. The third-order valence-corrected chi connectivity index (χ3v) is 3.65. The van der Waals surface area contributed by atoms with Gasteiger partial charge in [-0.05, 0) is 32.4 Å². The second kappa shape index (κ2) is 5.06. The number of para-hydroxylation sites is 1. The van der Waals surface area contributed by atoms with E-state index in [1.165, 1.54) is 6.26 Å². The number of sulfone groups is 1. The second-order valence-corrected chi connectivity index (χ2v) is 6.73. The van der Waals surface area contributed by atoms with Gasteiger partial charge in [0.15, 0.2) is 9.84 Å². The quantitative estimate of drug-likeness (QED) is 0.842. The molecule has 4 nitrogen and oxygen atoms in total. The minimum Gasteiger partial charge on any atom is -0.396 e. The van der Waals surface area contributed by atoms with E-state index in [9.17, 15) is 8.42 Å². The standard InChI is InChI=1S/C12H19NO3S/c1-12(2,8-9-14)13-10-6-4-5-7-11(10)17(3,15)16/h4-7,13-14H,8-9H2,1-3H3. The summed E-state index contributed by atoms with van der Waals surface area (Å²) >= 11 is 0. The van der Waals surface area contributed by atoms with Crippen LogP contribution in [0.15, 0.2) is 29.2 Å². The number of nitrogens with one attached hydrogen (secondary N) is 1. The van der Waals surface area contributed by atoms with Crippen LogP contribution in [0.3, 0.4) is 0 Å². The van der Waals surface area contributed by atoms with E-state index in [1.807, 2.05) is 13.8 Å². The lowest BCUT2D eigenvalue weighted by Gasteiger charge is -2.27. The lowest BCUT2D eigenvalue weighted by molar-refractivity contribution is 0.260. The van der Waals surface area contributed by atoms with Crippen LogP contribution in [0.1, 0.15) is 20.3 Å². The summed E-state index contributed by atoms with van der Waals surface area (Å²) in [5.74, 6) is 0. The lowest BCUT2D eigenvalue weighted by Crippen LogP contribution is -2.32. The largest absolute Gasteiger partial charge is 0.396 e. The molecule has 0 bridgehead atoms. The Morgan fingerprint density at radius 2 is 1.88 bits per heavy atom. The van der Waals surface area contributed by atoms with Crippen molar-refractivity contribution in [2.24, 2.45) is 0 Å². The predicted molar refractivity (Wildman–Crippen MR) is 69.0 cm³/mol. The molecule has 0 aliphatic heterocycles. The number of aliphatic hydroxyl groups is 1. The van der Waals surface area contributed by atoms with Gasteiger partial charge in [0.2, 0.25) is 0 Å². The van der Waals surface area contributed by atoms with E-state index in [0.717, 1.165) is 0 Å². The van der Waals surface area contributed by atoms with Gasteiger partial charge in [-0.2, -0.15) is 0 Å². The summed E-state index contributed by atoms with van der Waals surface area (Å²) in [6, 6.07) is 6.79. The average molecular weight is 257 g/mol. The molecule has 0 aromatic heterocycles. The monoisotopic (exact) mass is 257 g/mol. The zero-order valence-corrected chi connectivity index (χ0v) is 11.2. The minimum atomic E-state index is -3.25. The highest BCUT2D eigenvalue weighted by atomic mass is 32.2. The van der Waals surface area contributed by atoms with Gasteiger partial charge in [-0.15, -0.1) is 0 Å². The molecule has 0 radical (unpaired) electrons. The first-order valence-corrected chi connectivity index (χ1v) is 7.33. The van der Waals surface area contributed by atoms with Crippen LogP contribution in [0.5, 0.6) is 0 Å². The van der Waals surface area contributed by atoms with E-state index in [-0.39, 0.29) is 17.0 Å². The molecule has 0 heterocycles. The first-order chi connectivity index (χ1) is 7.76. The van der Waals surface area contributed by atoms with Gasteiger partial charge in [-0.1, -0.05) is 12.1 Å². The summed E-state index contributed by atoms with van der Waals surface area (Å²) in [6.45, 7) is 3.89. The third-order valence-electron chi connectivity index (χ3n) is 2.50. The summed E-state index contributed by atoms with van der Waals surface area (Å²) < 4.78 is 23.2. The van der Waals surface area contributed by atoms with Crippen molar-refractivity contribution in [3.63, 3.8) is 0 Å². The van der Waals surface area contributed by atoms with Crippen LogP contribution < -0.4 is 5.32 Å². The minimum absolute atomic E-state index is 0.0566. The normalized spacial score (nSPS) is 12.5. The molecule has 1 aromatic carbocycles. The topological polar surface area (TPSA) is 66.4 Å². The van der Waals surface area contributed by atoms with Gasteiger partial charge >= 0.3 is 0 Å². The van der Waals surface area contributed by atoms with Gasteiger partial charge in [-0.25, -0.2) is 8.42 Å². The number of hydrogen-bond donors (Lipinski definition) is 2. The molecule has 0 atom stereocenters. The molecule has 96 valence electrons. The molecule has 0 aliphatic rings. The zero-order chi connectivity index (χ0) is 13.1. The molecule has 0 saturated heterocycles. The smallest absolute Gasteiger partial charge is 0.177 e. The fraction of sp³-hybridized carbons (Fsp3) is 0.500. The number of rotatable bonds is 5. The fourth-order valence-electron chi connectivity index (χ4n) is 1.60. The van der Waals surface area contributed by atoms with Crippen LogP contribution >= 0.6 is 0 Å². The van der Waals surface area contributed by atoms with Crippen molar-refractivity contribution in [2.75, 3.05) is 18.2 Å².